The summed E-state index contributed by atoms with van der Waals surface area (Å²) >= 11 is 3.48. The van der Waals surface area contributed by atoms with E-state index in [9.17, 15) is 4.79 Å². The second-order valence-electron chi connectivity index (χ2n) is 5.05. The minimum atomic E-state index is 0.0292. The molecule has 21 heavy (non-hydrogen) atoms. The molecule has 0 atom stereocenters. The number of halogens is 1. The van der Waals surface area contributed by atoms with Crippen LogP contribution in [-0.4, -0.2) is 22.3 Å². The molecule has 110 valence electrons. The highest BCUT2D eigenvalue weighted by molar-refractivity contribution is 9.10. The van der Waals surface area contributed by atoms with Crippen LogP contribution >= 0.6 is 15.9 Å². The lowest BCUT2D eigenvalue weighted by Gasteiger charge is -2.21. The molecule has 0 spiro atoms. The van der Waals surface area contributed by atoms with E-state index in [4.69, 9.17) is 0 Å². The van der Waals surface area contributed by atoms with Crippen LogP contribution in [0.1, 0.15) is 34.2 Å². The molecule has 3 nitrogen and oxygen atoms in total. The molecular weight excluding hydrogens is 328 g/mol. The van der Waals surface area contributed by atoms with E-state index in [0.29, 0.717) is 18.7 Å². The van der Waals surface area contributed by atoms with Crippen LogP contribution in [0, 0.1) is 13.8 Å². The van der Waals surface area contributed by atoms with E-state index in [0.717, 1.165) is 21.4 Å². The van der Waals surface area contributed by atoms with Gasteiger partial charge in [-0.15, -0.1) is 0 Å². The van der Waals surface area contributed by atoms with E-state index in [1.165, 1.54) is 0 Å². The van der Waals surface area contributed by atoms with Crippen molar-refractivity contribution in [3.8, 4) is 0 Å². The largest absolute Gasteiger partial charge is 0.333 e. The van der Waals surface area contributed by atoms with Gasteiger partial charge < -0.3 is 4.90 Å². The van der Waals surface area contributed by atoms with E-state index < -0.39 is 0 Å². The second-order valence-corrected chi connectivity index (χ2v) is 5.91. The first-order chi connectivity index (χ1) is 10.0. The Labute approximate surface area is 134 Å². The fraction of sp³-hybridized carbons (Fsp3) is 0.294. The maximum absolute atomic E-state index is 12.6. The van der Waals surface area contributed by atoms with Gasteiger partial charge in [0.15, 0.2) is 0 Å². The molecule has 2 aromatic rings. The zero-order chi connectivity index (χ0) is 15.4. The third-order valence-electron chi connectivity index (χ3n) is 3.39. The van der Waals surface area contributed by atoms with Gasteiger partial charge in [-0.3, -0.25) is 9.78 Å². The van der Waals surface area contributed by atoms with Gasteiger partial charge in [0.2, 0.25) is 0 Å². The minimum absolute atomic E-state index is 0.0292. The standard InChI is InChI=1S/C17H19BrN2O/c1-4-20(11-15-7-5-6-13(3)19-15)17(21)14-9-8-12(2)16(18)10-14/h5-10H,4,11H2,1-3H3. The highest BCUT2D eigenvalue weighted by Crippen LogP contribution is 2.19. The van der Waals surface area contributed by atoms with Crippen molar-refractivity contribution >= 4 is 21.8 Å². The molecule has 1 aromatic carbocycles. The van der Waals surface area contributed by atoms with Crippen LogP contribution in [0.4, 0.5) is 0 Å². The summed E-state index contributed by atoms with van der Waals surface area (Å²) in [7, 11) is 0. The third kappa shape index (κ3) is 3.91. The molecule has 0 saturated heterocycles. The molecular formula is C17H19BrN2O. The number of aromatic nitrogens is 1. The molecule has 0 fully saturated rings. The van der Waals surface area contributed by atoms with Gasteiger partial charge in [-0.2, -0.15) is 0 Å². The Hall–Kier alpha value is -1.68. The van der Waals surface area contributed by atoms with Crippen molar-refractivity contribution < 1.29 is 4.79 Å². The summed E-state index contributed by atoms with van der Waals surface area (Å²) in [5.41, 5.74) is 3.70. The molecule has 0 aliphatic rings. The number of benzene rings is 1. The van der Waals surface area contributed by atoms with Crippen molar-refractivity contribution in [2.45, 2.75) is 27.3 Å². The van der Waals surface area contributed by atoms with Gasteiger partial charge in [0.05, 0.1) is 12.2 Å². The maximum Gasteiger partial charge on any atom is 0.254 e. The van der Waals surface area contributed by atoms with Crippen LogP contribution < -0.4 is 0 Å². The zero-order valence-electron chi connectivity index (χ0n) is 12.6. The fourth-order valence-electron chi connectivity index (χ4n) is 2.12. The lowest BCUT2D eigenvalue weighted by Crippen LogP contribution is -2.30. The Kier molecular flexibility index (Phi) is 5.12. The SMILES string of the molecule is CCN(Cc1cccc(C)n1)C(=O)c1ccc(C)c(Br)c1. The van der Waals surface area contributed by atoms with Gasteiger partial charge in [-0.05, 0) is 50.6 Å². The van der Waals surface area contributed by atoms with Crippen LogP contribution in [0.15, 0.2) is 40.9 Å². The molecule has 0 radical (unpaired) electrons. The summed E-state index contributed by atoms with van der Waals surface area (Å²) in [5.74, 6) is 0.0292. The lowest BCUT2D eigenvalue weighted by atomic mass is 10.1. The number of carbonyl (C=O) groups excluding carboxylic acids is 1. The number of carbonyl (C=O) groups is 1. The molecule has 0 aliphatic carbocycles. The van der Waals surface area contributed by atoms with Crippen molar-refractivity contribution in [3.05, 3.63) is 63.4 Å². The number of aryl methyl sites for hydroxylation is 2. The number of hydrogen-bond acceptors (Lipinski definition) is 2. The molecule has 2 rings (SSSR count). The number of rotatable bonds is 4. The Balaban J connectivity index is 2.20. The summed E-state index contributed by atoms with van der Waals surface area (Å²) in [5, 5.41) is 0. The Morgan fingerprint density at radius 1 is 1.24 bits per heavy atom. The number of amides is 1. The van der Waals surface area contributed by atoms with Gasteiger partial charge in [0.1, 0.15) is 0 Å². The van der Waals surface area contributed by atoms with E-state index in [1.54, 1.807) is 4.90 Å². The van der Waals surface area contributed by atoms with Crippen molar-refractivity contribution in [3.63, 3.8) is 0 Å². The fourth-order valence-corrected chi connectivity index (χ4v) is 2.50. The molecule has 0 bridgehead atoms. The van der Waals surface area contributed by atoms with Crippen LogP contribution in [-0.2, 0) is 6.54 Å². The molecule has 0 saturated carbocycles. The normalized spacial score (nSPS) is 10.5. The monoisotopic (exact) mass is 346 g/mol. The number of hydrogen-bond donors (Lipinski definition) is 0. The van der Waals surface area contributed by atoms with E-state index in [2.05, 4.69) is 20.9 Å². The smallest absolute Gasteiger partial charge is 0.254 e. The molecule has 0 N–H and O–H groups in total. The minimum Gasteiger partial charge on any atom is -0.333 e. The molecule has 1 aromatic heterocycles. The van der Waals surface area contributed by atoms with Crippen LogP contribution in [0.5, 0.6) is 0 Å². The molecule has 1 heterocycles. The van der Waals surface area contributed by atoms with Crippen molar-refractivity contribution in [1.29, 1.82) is 0 Å². The topological polar surface area (TPSA) is 33.2 Å². The summed E-state index contributed by atoms with van der Waals surface area (Å²) in [4.78, 5) is 18.9. The number of pyridine rings is 1. The van der Waals surface area contributed by atoms with Crippen LogP contribution in [0.2, 0.25) is 0 Å². The van der Waals surface area contributed by atoms with Gasteiger partial charge in [-0.1, -0.05) is 28.1 Å². The highest BCUT2D eigenvalue weighted by Gasteiger charge is 2.15. The predicted octanol–water partition coefficient (Wildman–Crippen LogP) is 4.12. The van der Waals surface area contributed by atoms with Gasteiger partial charge >= 0.3 is 0 Å². The van der Waals surface area contributed by atoms with Crippen molar-refractivity contribution in [2.24, 2.45) is 0 Å². The lowest BCUT2D eigenvalue weighted by molar-refractivity contribution is 0.0750. The average Bonchev–Trinajstić information content (AvgIpc) is 2.47. The van der Waals surface area contributed by atoms with Gasteiger partial charge in [-0.25, -0.2) is 0 Å². The molecule has 1 amide bonds. The summed E-state index contributed by atoms with van der Waals surface area (Å²) in [6.45, 7) is 7.13. The van der Waals surface area contributed by atoms with Crippen LogP contribution in [0.3, 0.4) is 0 Å². The number of nitrogens with zero attached hydrogens (tertiary/aromatic N) is 2. The first kappa shape index (κ1) is 15.7. The zero-order valence-corrected chi connectivity index (χ0v) is 14.1. The van der Waals surface area contributed by atoms with Crippen molar-refractivity contribution in [2.75, 3.05) is 6.54 Å². The highest BCUT2D eigenvalue weighted by atomic mass is 79.9. The van der Waals surface area contributed by atoms with E-state index in [1.807, 2.05) is 57.2 Å². The van der Waals surface area contributed by atoms with E-state index >= 15 is 0 Å². The Morgan fingerprint density at radius 2 is 2.00 bits per heavy atom. The third-order valence-corrected chi connectivity index (χ3v) is 4.24. The van der Waals surface area contributed by atoms with Gasteiger partial charge in [0, 0.05) is 22.3 Å². The van der Waals surface area contributed by atoms with E-state index in [-0.39, 0.29) is 5.91 Å². The first-order valence-electron chi connectivity index (χ1n) is 6.99. The Bertz CT molecular complexity index is 655. The molecule has 4 heteroatoms. The quantitative estimate of drug-likeness (QED) is 0.833. The maximum atomic E-state index is 12.6. The molecule has 0 aliphatic heterocycles. The molecule has 0 unspecified atom stereocenters. The van der Waals surface area contributed by atoms with Gasteiger partial charge in [0.25, 0.3) is 5.91 Å². The summed E-state index contributed by atoms with van der Waals surface area (Å²) < 4.78 is 0.957. The Morgan fingerprint density at radius 3 is 2.62 bits per heavy atom. The first-order valence-corrected chi connectivity index (χ1v) is 7.78. The second kappa shape index (κ2) is 6.85. The van der Waals surface area contributed by atoms with Crippen molar-refractivity contribution in [1.82, 2.24) is 9.88 Å². The summed E-state index contributed by atoms with van der Waals surface area (Å²) in [6.07, 6.45) is 0. The van der Waals surface area contributed by atoms with Crippen LogP contribution in [0.25, 0.3) is 0 Å². The summed E-state index contributed by atoms with van der Waals surface area (Å²) in [6, 6.07) is 11.6. The average molecular weight is 347 g/mol. The predicted molar refractivity (Wildman–Crippen MR) is 88.3 cm³/mol.